The van der Waals surface area contributed by atoms with E-state index in [1.807, 2.05) is 0 Å². The Morgan fingerprint density at radius 1 is 1.24 bits per heavy atom. The second kappa shape index (κ2) is 8.43. The Bertz CT molecular complexity index is 744. The number of nitriles is 1. The minimum atomic E-state index is -0.0571. The lowest BCUT2D eigenvalue weighted by molar-refractivity contribution is -0.135. The van der Waals surface area contributed by atoms with Gasteiger partial charge in [-0.15, -0.1) is 0 Å². The Hall–Kier alpha value is -1.94. The summed E-state index contributed by atoms with van der Waals surface area (Å²) in [6, 6.07) is 14.4. The molecule has 3 fully saturated rings. The number of benzene rings is 1. The Balaban J connectivity index is 1.24. The summed E-state index contributed by atoms with van der Waals surface area (Å²) in [4.78, 5) is 18.3. The van der Waals surface area contributed by atoms with Crippen LogP contribution in [0, 0.1) is 11.3 Å². The predicted octanol–water partition coefficient (Wildman–Crippen LogP) is 1.65. The molecule has 156 valence electrons. The number of hydrogen-bond donors (Lipinski definition) is 1. The van der Waals surface area contributed by atoms with Crippen LogP contribution in [0.15, 0.2) is 30.3 Å². The van der Waals surface area contributed by atoms with E-state index in [-0.39, 0.29) is 11.4 Å². The van der Waals surface area contributed by atoms with Crippen molar-refractivity contribution in [1.82, 2.24) is 20.0 Å². The summed E-state index contributed by atoms with van der Waals surface area (Å²) < 4.78 is 0. The van der Waals surface area contributed by atoms with Gasteiger partial charge in [0.05, 0.1) is 24.6 Å². The summed E-state index contributed by atoms with van der Waals surface area (Å²) >= 11 is 0. The lowest BCUT2D eigenvalue weighted by Crippen LogP contribution is -2.72. The zero-order valence-corrected chi connectivity index (χ0v) is 17.7. The number of piperidine rings is 1. The maximum Gasteiger partial charge on any atom is 0.236 e. The summed E-state index contributed by atoms with van der Waals surface area (Å²) in [5.41, 5.74) is 1.40. The van der Waals surface area contributed by atoms with Crippen LogP contribution in [-0.4, -0.2) is 85.0 Å². The number of nitrogens with one attached hydrogen (secondary N) is 1. The molecule has 1 amide bonds. The molecular weight excluding hydrogens is 362 g/mol. The molecule has 1 N–H and O–H groups in total. The number of likely N-dealkylation sites (N-methyl/N-ethyl adjacent to an activating group) is 1. The van der Waals surface area contributed by atoms with E-state index in [2.05, 4.69) is 51.5 Å². The molecule has 0 unspecified atom stereocenters. The number of rotatable bonds is 7. The monoisotopic (exact) mass is 395 g/mol. The number of nitrogens with zero attached hydrogens (tertiary/aromatic N) is 4. The van der Waals surface area contributed by atoms with Gasteiger partial charge in [-0.05, 0) is 24.8 Å². The molecule has 1 aromatic rings. The average molecular weight is 396 g/mol. The van der Waals surface area contributed by atoms with E-state index in [1.165, 1.54) is 12.0 Å². The van der Waals surface area contributed by atoms with Gasteiger partial charge < -0.3 is 10.2 Å². The first-order chi connectivity index (χ1) is 14.0. The molecule has 2 aliphatic heterocycles. The summed E-state index contributed by atoms with van der Waals surface area (Å²) in [6.07, 6.45) is 4.08. The van der Waals surface area contributed by atoms with Crippen LogP contribution in [0.1, 0.15) is 37.2 Å². The fourth-order valence-electron chi connectivity index (χ4n) is 5.07. The second-order valence-electron chi connectivity index (χ2n) is 9.28. The van der Waals surface area contributed by atoms with Crippen LogP contribution in [0.5, 0.6) is 0 Å². The Morgan fingerprint density at radius 3 is 2.55 bits per heavy atom. The average Bonchev–Trinajstić information content (AvgIpc) is 3.46. The molecular formula is C23H33N5O. The van der Waals surface area contributed by atoms with Gasteiger partial charge in [0.25, 0.3) is 0 Å². The molecule has 2 saturated heterocycles. The third kappa shape index (κ3) is 4.48. The fraction of sp³-hybridized carbons (Fsp3) is 0.652. The topological polar surface area (TPSA) is 62.6 Å². The molecule has 29 heavy (non-hydrogen) atoms. The normalized spacial score (nSPS) is 27.1. The molecule has 0 spiro atoms. The molecule has 1 aliphatic carbocycles. The lowest BCUT2D eigenvalue weighted by atomic mass is 9.82. The van der Waals surface area contributed by atoms with Gasteiger partial charge >= 0.3 is 0 Å². The van der Waals surface area contributed by atoms with Crippen molar-refractivity contribution in [3.8, 4) is 6.07 Å². The van der Waals surface area contributed by atoms with Gasteiger partial charge in [0, 0.05) is 58.3 Å². The quantitative estimate of drug-likeness (QED) is 0.761. The SMILES string of the molecule is CN(C)C(=O)CN1CC(CC#N)(N2CCC(N[C@@H]3C[C@H]3c3ccccc3)CC2)C1. The van der Waals surface area contributed by atoms with Gasteiger partial charge in [-0.1, -0.05) is 30.3 Å². The molecule has 2 heterocycles. The van der Waals surface area contributed by atoms with Crippen molar-refractivity contribution in [1.29, 1.82) is 5.26 Å². The summed E-state index contributed by atoms with van der Waals surface area (Å²) in [5.74, 6) is 0.810. The Labute approximate surface area is 174 Å². The molecule has 6 heteroatoms. The standard InChI is InChI=1S/C23H33N5O/c1-26(2)22(29)15-27-16-23(17-27,10-11-24)28-12-8-19(9-13-28)25-21-14-20(21)18-6-4-3-5-7-18/h3-7,19-21,25H,8-10,12-17H2,1-2H3/t20-,21+/m0/s1. The maximum atomic E-state index is 12.0. The number of amides is 1. The van der Waals surface area contributed by atoms with Crippen LogP contribution < -0.4 is 5.32 Å². The summed E-state index contributed by atoms with van der Waals surface area (Å²) in [6.45, 7) is 4.20. The second-order valence-corrected chi connectivity index (χ2v) is 9.28. The van der Waals surface area contributed by atoms with Gasteiger partial charge in [-0.2, -0.15) is 5.26 Å². The first kappa shape index (κ1) is 20.3. The smallest absolute Gasteiger partial charge is 0.236 e. The zero-order valence-electron chi connectivity index (χ0n) is 17.7. The highest BCUT2D eigenvalue weighted by Crippen LogP contribution is 2.41. The maximum absolute atomic E-state index is 12.0. The molecule has 1 aromatic carbocycles. The minimum absolute atomic E-state index is 0.0571. The van der Waals surface area contributed by atoms with Crippen molar-refractivity contribution in [2.75, 3.05) is 46.8 Å². The molecule has 4 rings (SSSR count). The predicted molar refractivity (Wildman–Crippen MR) is 113 cm³/mol. The number of carbonyl (C=O) groups is 1. The molecule has 2 atom stereocenters. The van der Waals surface area contributed by atoms with Gasteiger partial charge in [0.2, 0.25) is 5.91 Å². The molecule has 1 saturated carbocycles. The zero-order chi connectivity index (χ0) is 20.4. The lowest BCUT2D eigenvalue weighted by Gasteiger charge is -2.56. The largest absolute Gasteiger partial charge is 0.348 e. The van der Waals surface area contributed by atoms with Crippen molar-refractivity contribution in [2.24, 2.45) is 0 Å². The number of likely N-dealkylation sites (tertiary alicyclic amines) is 2. The van der Waals surface area contributed by atoms with Crippen LogP contribution in [-0.2, 0) is 4.79 Å². The molecule has 0 bridgehead atoms. The third-order valence-electron chi connectivity index (χ3n) is 6.94. The fourth-order valence-corrected chi connectivity index (χ4v) is 5.07. The van der Waals surface area contributed by atoms with Gasteiger partial charge in [-0.3, -0.25) is 14.6 Å². The van der Waals surface area contributed by atoms with Gasteiger partial charge in [0.15, 0.2) is 0 Å². The first-order valence-electron chi connectivity index (χ1n) is 10.9. The molecule has 6 nitrogen and oxygen atoms in total. The van der Waals surface area contributed by atoms with Crippen LogP contribution in [0.4, 0.5) is 0 Å². The molecule has 0 aromatic heterocycles. The molecule has 3 aliphatic rings. The van der Waals surface area contributed by atoms with Crippen LogP contribution in [0.3, 0.4) is 0 Å². The number of carbonyl (C=O) groups excluding carboxylic acids is 1. The first-order valence-corrected chi connectivity index (χ1v) is 10.9. The third-order valence-corrected chi connectivity index (χ3v) is 6.94. The van der Waals surface area contributed by atoms with E-state index < -0.39 is 0 Å². The molecule has 0 radical (unpaired) electrons. The van der Waals surface area contributed by atoms with Crippen LogP contribution in [0.25, 0.3) is 0 Å². The van der Waals surface area contributed by atoms with Crippen molar-refractivity contribution in [2.45, 2.75) is 49.2 Å². The van der Waals surface area contributed by atoms with E-state index in [0.29, 0.717) is 31.0 Å². The minimum Gasteiger partial charge on any atom is -0.348 e. The van der Waals surface area contributed by atoms with E-state index >= 15 is 0 Å². The van der Waals surface area contributed by atoms with E-state index in [1.54, 1.807) is 19.0 Å². The van der Waals surface area contributed by atoms with Crippen molar-refractivity contribution in [3.05, 3.63) is 35.9 Å². The Kier molecular flexibility index (Phi) is 5.91. The van der Waals surface area contributed by atoms with Crippen molar-refractivity contribution < 1.29 is 4.79 Å². The number of hydrogen-bond acceptors (Lipinski definition) is 5. The van der Waals surface area contributed by atoms with Crippen LogP contribution >= 0.6 is 0 Å². The van der Waals surface area contributed by atoms with E-state index in [4.69, 9.17) is 0 Å². The van der Waals surface area contributed by atoms with E-state index in [9.17, 15) is 10.1 Å². The highest BCUT2D eigenvalue weighted by atomic mass is 16.2. The van der Waals surface area contributed by atoms with Crippen LogP contribution in [0.2, 0.25) is 0 Å². The highest BCUT2D eigenvalue weighted by molar-refractivity contribution is 5.77. The summed E-state index contributed by atoms with van der Waals surface area (Å²) in [5, 5.41) is 13.3. The van der Waals surface area contributed by atoms with Gasteiger partial charge in [0.1, 0.15) is 0 Å². The van der Waals surface area contributed by atoms with E-state index in [0.717, 1.165) is 39.0 Å². The van der Waals surface area contributed by atoms with Crippen molar-refractivity contribution in [3.63, 3.8) is 0 Å². The van der Waals surface area contributed by atoms with Gasteiger partial charge in [-0.25, -0.2) is 0 Å². The Morgan fingerprint density at radius 2 is 1.93 bits per heavy atom. The van der Waals surface area contributed by atoms with Crippen molar-refractivity contribution >= 4 is 5.91 Å². The highest BCUT2D eigenvalue weighted by Gasteiger charge is 2.49. The summed E-state index contributed by atoms with van der Waals surface area (Å²) in [7, 11) is 3.59.